The largest absolute Gasteiger partial charge is 0.383 e. The van der Waals surface area contributed by atoms with E-state index in [1.807, 2.05) is 24.3 Å². The summed E-state index contributed by atoms with van der Waals surface area (Å²) in [6.45, 7) is 1.60. The van der Waals surface area contributed by atoms with Crippen LogP contribution in [-0.4, -0.2) is 42.7 Å². The summed E-state index contributed by atoms with van der Waals surface area (Å²) < 4.78 is 4.89. The molecule has 6 nitrogen and oxygen atoms in total. The highest BCUT2D eigenvalue weighted by Crippen LogP contribution is 2.10. The molecule has 1 aromatic heterocycles. The number of nitrogens with one attached hydrogen (secondary N) is 2. The third-order valence-corrected chi connectivity index (χ3v) is 3.38. The van der Waals surface area contributed by atoms with Gasteiger partial charge in [0.15, 0.2) is 0 Å². The third kappa shape index (κ3) is 5.84. The number of hydrogen-bond donors (Lipinski definition) is 2. The molecule has 1 aromatic carbocycles. The minimum atomic E-state index is -0.245. The Morgan fingerprint density at radius 3 is 2.74 bits per heavy atom. The topological polar surface area (TPSA) is 76.1 Å². The monoisotopic (exact) mass is 334 g/mol. The van der Waals surface area contributed by atoms with Crippen LogP contribution in [0.1, 0.15) is 16.1 Å². The highest BCUT2D eigenvalue weighted by Gasteiger charge is 2.07. The van der Waals surface area contributed by atoms with Crippen molar-refractivity contribution in [2.24, 2.45) is 0 Å². The summed E-state index contributed by atoms with van der Waals surface area (Å²) >= 11 is 5.86. The average molecular weight is 335 g/mol. The third-order valence-electron chi connectivity index (χ3n) is 3.12. The molecule has 0 atom stereocenters. The number of anilines is 1. The predicted molar refractivity (Wildman–Crippen MR) is 89.9 cm³/mol. The highest BCUT2D eigenvalue weighted by atomic mass is 35.5. The summed E-state index contributed by atoms with van der Waals surface area (Å²) in [4.78, 5) is 20.0. The first kappa shape index (κ1) is 17.2. The maximum Gasteiger partial charge on any atom is 0.270 e. The van der Waals surface area contributed by atoms with Gasteiger partial charge in [-0.25, -0.2) is 9.97 Å². The number of halogens is 1. The van der Waals surface area contributed by atoms with Crippen LogP contribution >= 0.6 is 11.6 Å². The number of methoxy groups -OCH3 is 1. The molecule has 23 heavy (non-hydrogen) atoms. The van der Waals surface area contributed by atoms with E-state index in [1.165, 1.54) is 11.9 Å². The fourth-order valence-corrected chi connectivity index (χ4v) is 2.05. The van der Waals surface area contributed by atoms with Crippen LogP contribution in [0.2, 0.25) is 5.02 Å². The molecule has 0 saturated carbocycles. The molecule has 0 fully saturated rings. The van der Waals surface area contributed by atoms with Gasteiger partial charge in [0.05, 0.1) is 6.61 Å². The Hall–Kier alpha value is -2.18. The van der Waals surface area contributed by atoms with Crippen molar-refractivity contribution in [1.29, 1.82) is 0 Å². The number of nitrogens with zero attached hydrogens (tertiary/aromatic N) is 2. The van der Waals surface area contributed by atoms with E-state index in [2.05, 4.69) is 20.6 Å². The van der Waals surface area contributed by atoms with Crippen molar-refractivity contribution in [2.45, 2.75) is 6.42 Å². The van der Waals surface area contributed by atoms with E-state index < -0.39 is 0 Å². The molecule has 0 saturated heterocycles. The Balaban J connectivity index is 1.84. The molecule has 0 aliphatic carbocycles. The van der Waals surface area contributed by atoms with E-state index >= 15 is 0 Å². The van der Waals surface area contributed by atoms with Crippen molar-refractivity contribution in [1.82, 2.24) is 15.3 Å². The van der Waals surface area contributed by atoms with Crippen molar-refractivity contribution in [2.75, 3.05) is 32.1 Å². The molecule has 122 valence electrons. The molecule has 7 heteroatoms. The second kappa shape index (κ2) is 9.07. The van der Waals surface area contributed by atoms with Crippen LogP contribution in [-0.2, 0) is 11.2 Å². The van der Waals surface area contributed by atoms with E-state index in [0.717, 1.165) is 11.4 Å². The van der Waals surface area contributed by atoms with Gasteiger partial charge < -0.3 is 15.4 Å². The summed E-state index contributed by atoms with van der Waals surface area (Å²) in [6.07, 6.45) is 2.20. The standard InChI is InChI=1S/C16H19ClN4O2/c1-23-9-8-19-16(22)14-10-15(21-11-20-14)18-7-6-12-2-4-13(17)5-3-12/h2-5,10-11H,6-9H2,1H3,(H,19,22)(H,18,20,21). The molecule has 2 rings (SSSR count). The van der Waals surface area contributed by atoms with Gasteiger partial charge in [0.1, 0.15) is 17.8 Å². The van der Waals surface area contributed by atoms with Crippen molar-refractivity contribution in [3.05, 3.63) is 52.9 Å². The van der Waals surface area contributed by atoms with Gasteiger partial charge in [-0.05, 0) is 24.1 Å². The molecule has 0 bridgehead atoms. The number of carbonyl (C=O) groups excluding carboxylic acids is 1. The number of hydrogen-bond acceptors (Lipinski definition) is 5. The van der Waals surface area contributed by atoms with E-state index in [9.17, 15) is 4.79 Å². The Morgan fingerprint density at radius 1 is 1.22 bits per heavy atom. The fourth-order valence-electron chi connectivity index (χ4n) is 1.92. The van der Waals surface area contributed by atoms with Crippen molar-refractivity contribution in [3.8, 4) is 0 Å². The molecule has 0 radical (unpaired) electrons. The molecular formula is C16H19ClN4O2. The van der Waals surface area contributed by atoms with Gasteiger partial charge in [-0.3, -0.25) is 4.79 Å². The second-order valence-electron chi connectivity index (χ2n) is 4.84. The first-order chi connectivity index (χ1) is 11.2. The van der Waals surface area contributed by atoms with Crippen molar-refractivity contribution in [3.63, 3.8) is 0 Å². The number of ether oxygens (including phenoxy) is 1. The lowest BCUT2D eigenvalue weighted by Gasteiger charge is -2.08. The Kier molecular flexibility index (Phi) is 6.77. The van der Waals surface area contributed by atoms with Crippen LogP contribution in [0.4, 0.5) is 5.82 Å². The first-order valence-electron chi connectivity index (χ1n) is 7.26. The second-order valence-corrected chi connectivity index (χ2v) is 5.28. The maximum atomic E-state index is 11.9. The zero-order valence-corrected chi connectivity index (χ0v) is 13.6. The molecular weight excluding hydrogens is 316 g/mol. The lowest BCUT2D eigenvalue weighted by molar-refractivity contribution is 0.0932. The number of aromatic nitrogens is 2. The lowest BCUT2D eigenvalue weighted by Crippen LogP contribution is -2.27. The van der Waals surface area contributed by atoms with E-state index in [0.29, 0.717) is 31.2 Å². The van der Waals surface area contributed by atoms with Gasteiger partial charge in [-0.2, -0.15) is 0 Å². The van der Waals surface area contributed by atoms with Gasteiger partial charge in [-0.15, -0.1) is 0 Å². The van der Waals surface area contributed by atoms with Gasteiger partial charge in [0.2, 0.25) is 0 Å². The van der Waals surface area contributed by atoms with Crippen LogP contribution in [0.25, 0.3) is 0 Å². The number of benzene rings is 1. The minimum absolute atomic E-state index is 0.245. The van der Waals surface area contributed by atoms with Crippen LogP contribution < -0.4 is 10.6 Å². The van der Waals surface area contributed by atoms with E-state index in [4.69, 9.17) is 16.3 Å². The SMILES string of the molecule is COCCNC(=O)c1cc(NCCc2ccc(Cl)cc2)ncn1. The van der Waals surface area contributed by atoms with Gasteiger partial charge in [0.25, 0.3) is 5.91 Å². The number of amides is 1. The zero-order chi connectivity index (χ0) is 16.5. The predicted octanol–water partition coefficient (Wildman–Crippen LogP) is 2.16. The molecule has 2 aromatic rings. The highest BCUT2D eigenvalue weighted by molar-refractivity contribution is 6.30. The zero-order valence-electron chi connectivity index (χ0n) is 12.9. The van der Waals surface area contributed by atoms with E-state index in [-0.39, 0.29) is 5.91 Å². The van der Waals surface area contributed by atoms with Crippen molar-refractivity contribution >= 4 is 23.3 Å². The molecule has 0 unspecified atom stereocenters. The molecule has 2 N–H and O–H groups in total. The first-order valence-corrected chi connectivity index (χ1v) is 7.64. The average Bonchev–Trinajstić information content (AvgIpc) is 2.57. The quantitative estimate of drug-likeness (QED) is 0.723. The number of carbonyl (C=O) groups is 1. The summed E-state index contributed by atoms with van der Waals surface area (Å²) in [5.41, 5.74) is 1.50. The van der Waals surface area contributed by atoms with Crippen LogP contribution in [0.15, 0.2) is 36.7 Å². The fraction of sp³-hybridized carbons (Fsp3) is 0.312. The minimum Gasteiger partial charge on any atom is -0.383 e. The molecule has 1 amide bonds. The normalized spacial score (nSPS) is 10.3. The van der Waals surface area contributed by atoms with Crippen molar-refractivity contribution < 1.29 is 9.53 Å². The molecule has 1 heterocycles. The summed E-state index contributed by atoms with van der Waals surface area (Å²) in [5, 5.41) is 6.63. The van der Waals surface area contributed by atoms with Gasteiger partial charge in [-0.1, -0.05) is 23.7 Å². The van der Waals surface area contributed by atoms with Crippen LogP contribution in [0.5, 0.6) is 0 Å². The summed E-state index contributed by atoms with van der Waals surface area (Å²) in [5.74, 6) is 0.371. The molecule has 0 spiro atoms. The molecule has 0 aliphatic rings. The summed E-state index contributed by atoms with van der Waals surface area (Å²) in [6, 6.07) is 9.33. The van der Waals surface area contributed by atoms with Gasteiger partial charge in [0, 0.05) is 31.3 Å². The Bertz CT molecular complexity index is 634. The van der Waals surface area contributed by atoms with Crippen LogP contribution in [0, 0.1) is 0 Å². The smallest absolute Gasteiger partial charge is 0.270 e. The summed E-state index contributed by atoms with van der Waals surface area (Å²) in [7, 11) is 1.58. The van der Waals surface area contributed by atoms with E-state index in [1.54, 1.807) is 13.2 Å². The molecule has 0 aliphatic heterocycles. The lowest BCUT2D eigenvalue weighted by atomic mass is 10.1. The van der Waals surface area contributed by atoms with Gasteiger partial charge >= 0.3 is 0 Å². The number of rotatable bonds is 8. The maximum absolute atomic E-state index is 11.9. The Morgan fingerprint density at radius 2 is 2.00 bits per heavy atom. The van der Waals surface area contributed by atoms with Crippen LogP contribution in [0.3, 0.4) is 0 Å². The Labute approximate surface area is 140 Å².